The maximum absolute atomic E-state index is 13.3. The zero-order chi connectivity index (χ0) is 18.7. The van der Waals surface area contributed by atoms with Crippen molar-refractivity contribution < 1.29 is 13.9 Å². The van der Waals surface area contributed by atoms with E-state index in [0.717, 1.165) is 25.3 Å². The van der Waals surface area contributed by atoms with Crippen LogP contribution in [-0.4, -0.2) is 23.8 Å². The Kier molecular flexibility index (Phi) is 5.70. The molecule has 0 spiro atoms. The van der Waals surface area contributed by atoms with Crippen LogP contribution in [0.4, 0.5) is 8.78 Å². The van der Waals surface area contributed by atoms with Crippen LogP contribution in [0.15, 0.2) is 42.5 Å². The lowest BCUT2D eigenvalue weighted by Gasteiger charge is -2.24. The third kappa shape index (κ3) is 4.47. The van der Waals surface area contributed by atoms with Gasteiger partial charge in [-0.05, 0) is 54.5 Å². The lowest BCUT2D eigenvalue weighted by atomic mass is 9.99. The molecule has 3 rings (SSSR count). The third-order valence-corrected chi connectivity index (χ3v) is 5.18. The lowest BCUT2D eigenvalue weighted by Crippen LogP contribution is -2.45. The molecule has 140 valence electrons. The molecule has 0 heterocycles. The second-order valence-corrected chi connectivity index (χ2v) is 7.23. The predicted octanol–water partition coefficient (Wildman–Crippen LogP) is 3.04. The van der Waals surface area contributed by atoms with E-state index >= 15 is 0 Å². The van der Waals surface area contributed by atoms with Gasteiger partial charge in [0.05, 0.1) is 6.10 Å². The van der Waals surface area contributed by atoms with Crippen LogP contribution in [0, 0.1) is 11.6 Å². The Morgan fingerprint density at radius 2 is 1.81 bits per heavy atom. The monoisotopic (exact) mass is 360 g/mol. The van der Waals surface area contributed by atoms with E-state index in [9.17, 15) is 13.9 Å². The van der Waals surface area contributed by atoms with Crippen molar-refractivity contribution in [3.8, 4) is 0 Å². The largest absolute Gasteiger partial charge is 0.390 e. The Labute approximate surface area is 153 Å². The quantitative estimate of drug-likeness (QED) is 0.678. The molecular weight excluding hydrogens is 334 g/mol. The molecule has 2 atom stereocenters. The molecule has 0 aliphatic heterocycles. The number of hydrogen-bond donors (Lipinski definition) is 3. The van der Waals surface area contributed by atoms with E-state index in [2.05, 4.69) is 36.5 Å². The van der Waals surface area contributed by atoms with E-state index in [4.69, 9.17) is 5.73 Å². The van der Waals surface area contributed by atoms with Gasteiger partial charge >= 0.3 is 0 Å². The summed E-state index contributed by atoms with van der Waals surface area (Å²) < 4.78 is 26.6. The molecule has 5 heteroatoms. The van der Waals surface area contributed by atoms with Gasteiger partial charge in [-0.25, -0.2) is 8.78 Å². The first-order valence-electron chi connectivity index (χ1n) is 9.15. The molecule has 1 aliphatic carbocycles. The number of aryl methyl sites for hydroxylation is 1. The molecule has 0 saturated heterocycles. The van der Waals surface area contributed by atoms with Crippen molar-refractivity contribution in [2.45, 2.75) is 50.3 Å². The predicted molar refractivity (Wildman–Crippen MR) is 98.8 cm³/mol. The van der Waals surface area contributed by atoms with Gasteiger partial charge in [-0.15, -0.1) is 0 Å². The smallest absolute Gasteiger partial charge is 0.126 e. The summed E-state index contributed by atoms with van der Waals surface area (Å²) in [5.74, 6) is -1.26. The van der Waals surface area contributed by atoms with Crippen molar-refractivity contribution in [3.05, 3.63) is 70.8 Å². The van der Waals surface area contributed by atoms with Crippen LogP contribution in [0.2, 0.25) is 0 Å². The molecule has 26 heavy (non-hydrogen) atoms. The molecule has 2 aromatic carbocycles. The number of benzene rings is 2. The zero-order valence-electron chi connectivity index (χ0n) is 15.0. The Morgan fingerprint density at radius 3 is 2.42 bits per heavy atom. The minimum atomic E-state index is -0.798. The molecule has 0 amide bonds. The van der Waals surface area contributed by atoms with Crippen molar-refractivity contribution in [2.24, 2.45) is 5.73 Å². The van der Waals surface area contributed by atoms with Crippen LogP contribution in [0.5, 0.6) is 0 Å². The summed E-state index contributed by atoms with van der Waals surface area (Å²) in [7, 11) is 0. The first-order valence-corrected chi connectivity index (χ1v) is 9.15. The van der Waals surface area contributed by atoms with Gasteiger partial charge in [0.1, 0.15) is 11.6 Å². The molecule has 0 aromatic heterocycles. The first-order chi connectivity index (χ1) is 12.4. The molecule has 1 saturated carbocycles. The van der Waals surface area contributed by atoms with E-state index < -0.39 is 23.8 Å². The van der Waals surface area contributed by atoms with Crippen molar-refractivity contribution >= 4 is 0 Å². The van der Waals surface area contributed by atoms with E-state index in [1.54, 1.807) is 0 Å². The molecule has 1 fully saturated rings. The van der Waals surface area contributed by atoms with Gasteiger partial charge in [0.2, 0.25) is 0 Å². The summed E-state index contributed by atoms with van der Waals surface area (Å²) in [6.45, 7) is 2.47. The SMILES string of the molecule is CCc1cccc(C2(NCC(O)C(N)Cc3cc(F)cc(F)c3)CC2)c1. The van der Waals surface area contributed by atoms with Crippen LogP contribution in [-0.2, 0) is 18.4 Å². The number of nitrogens with two attached hydrogens (primary N) is 1. The maximum atomic E-state index is 13.3. The minimum absolute atomic E-state index is 0.0865. The maximum Gasteiger partial charge on any atom is 0.126 e. The number of aliphatic hydroxyl groups excluding tert-OH is 1. The highest BCUT2D eigenvalue weighted by molar-refractivity contribution is 5.34. The minimum Gasteiger partial charge on any atom is -0.390 e. The lowest BCUT2D eigenvalue weighted by molar-refractivity contribution is 0.136. The van der Waals surface area contributed by atoms with E-state index in [0.29, 0.717) is 12.1 Å². The Hall–Kier alpha value is -1.82. The van der Waals surface area contributed by atoms with Crippen molar-refractivity contribution in [1.82, 2.24) is 5.32 Å². The number of rotatable bonds is 8. The fourth-order valence-corrected chi connectivity index (χ4v) is 3.37. The van der Waals surface area contributed by atoms with Gasteiger partial charge in [-0.2, -0.15) is 0 Å². The number of nitrogens with one attached hydrogen (secondary N) is 1. The van der Waals surface area contributed by atoms with Gasteiger partial charge in [0.15, 0.2) is 0 Å². The molecule has 2 unspecified atom stereocenters. The fourth-order valence-electron chi connectivity index (χ4n) is 3.37. The van der Waals surface area contributed by atoms with Crippen molar-refractivity contribution in [2.75, 3.05) is 6.54 Å². The van der Waals surface area contributed by atoms with E-state index in [1.807, 2.05) is 0 Å². The standard InChI is InChI=1S/C21H26F2N2O/c1-2-14-4-3-5-16(8-14)21(6-7-21)25-13-20(26)19(24)11-15-9-17(22)12-18(23)10-15/h3-5,8-10,12,19-20,25-26H,2,6-7,11,13,24H2,1H3. The number of aliphatic hydroxyl groups is 1. The summed E-state index contributed by atoms with van der Waals surface area (Å²) in [5.41, 5.74) is 8.95. The number of hydrogen-bond acceptors (Lipinski definition) is 3. The topological polar surface area (TPSA) is 58.3 Å². The molecule has 0 radical (unpaired) electrons. The molecule has 1 aliphatic rings. The number of halogens is 2. The Bertz CT molecular complexity index is 741. The van der Waals surface area contributed by atoms with Crippen molar-refractivity contribution in [3.63, 3.8) is 0 Å². The summed E-state index contributed by atoms with van der Waals surface area (Å²) in [6.07, 6.45) is 2.46. The van der Waals surface area contributed by atoms with E-state index in [-0.39, 0.29) is 12.0 Å². The Morgan fingerprint density at radius 1 is 1.12 bits per heavy atom. The van der Waals surface area contributed by atoms with Gasteiger partial charge < -0.3 is 16.2 Å². The van der Waals surface area contributed by atoms with E-state index in [1.165, 1.54) is 23.3 Å². The first kappa shape index (κ1) is 19.0. The average molecular weight is 360 g/mol. The van der Waals surface area contributed by atoms with Crippen LogP contribution in [0.25, 0.3) is 0 Å². The highest BCUT2D eigenvalue weighted by atomic mass is 19.1. The fraction of sp³-hybridized carbons (Fsp3) is 0.429. The highest BCUT2D eigenvalue weighted by Gasteiger charge is 2.44. The van der Waals surface area contributed by atoms with Gasteiger partial charge in [0, 0.05) is 24.2 Å². The van der Waals surface area contributed by atoms with Crippen LogP contribution >= 0.6 is 0 Å². The molecule has 2 aromatic rings. The molecule has 4 N–H and O–H groups in total. The summed E-state index contributed by atoms with van der Waals surface area (Å²) in [4.78, 5) is 0. The van der Waals surface area contributed by atoms with Crippen LogP contribution in [0.1, 0.15) is 36.5 Å². The van der Waals surface area contributed by atoms with Gasteiger partial charge in [0.25, 0.3) is 0 Å². The molecule has 0 bridgehead atoms. The molecular formula is C21H26F2N2O. The average Bonchev–Trinajstić information content (AvgIpc) is 3.40. The second kappa shape index (κ2) is 7.82. The van der Waals surface area contributed by atoms with Crippen LogP contribution in [0.3, 0.4) is 0 Å². The Balaban J connectivity index is 1.58. The van der Waals surface area contributed by atoms with Crippen molar-refractivity contribution in [1.29, 1.82) is 0 Å². The summed E-state index contributed by atoms with van der Waals surface area (Å²) in [6, 6.07) is 11.2. The highest BCUT2D eigenvalue weighted by Crippen LogP contribution is 2.45. The second-order valence-electron chi connectivity index (χ2n) is 7.23. The third-order valence-electron chi connectivity index (χ3n) is 5.18. The van der Waals surface area contributed by atoms with Gasteiger partial charge in [-0.1, -0.05) is 31.2 Å². The summed E-state index contributed by atoms with van der Waals surface area (Å²) >= 11 is 0. The molecule has 3 nitrogen and oxygen atoms in total. The normalized spacial score (nSPS) is 17.7. The zero-order valence-corrected chi connectivity index (χ0v) is 15.0. The van der Waals surface area contributed by atoms with Gasteiger partial charge in [-0.3, -0.25) is 0 Å². The van der Waals surface area contributed by atoms with Crippen LogP contribution < -0.4 is 11.1 Å². The summed E-state index contributed by atoms with van der Waals surface area (Å²) in [5, 5.41) is 13.8.